The van der Waals surface area contributed by atoms with Crippen LogP contribution in [0.15, 0.2) is 12.1 Å². The van der Waals surface area contributed by atoms with Crippen LogP contribution in [0.4, 0.5) is 10.6 Å². The van der Waals surface area contributed by atoms with Crippen molar-refractivity contribution >= 4 is 11.9 Å². The number of aliphatic hydroxyl groups excluding tert-OH is 1. The lowest BCUT2D eigenvalue weighted by Crippen LogP contribution is -2.37. The quantitative estimate of drug-likeness (QED) is 0.788. The summed E-state index contributed by atoms with van der Waals surface area (Å²) >= 11 is 0. The van der Waals surface area contributed by atoms with Gasteiger partial charge in [0.15, 0.2) is 5.82 Å². The SMILES string of the molecule is CCOC(=O)N(Cc1ccc(N(CC)CC(C)O)nn1)C(C)C. The van der Waals surface area contributed by atoms with Crippen LogP contribution in [0.1, 0.15) is 40.3 Å². The molecule has 130 valence electrons. The molecule has 7 heteroatoms. The first-order valence-corrected chi connectivity index (χ1v) is 8.08. The van der Waals surface area contributed by atoms with Gasteiger partial charge in [0.05, 0.1) is 24.9 Å². The van der Waals surface area contributed by atoms with Crippen LogP contribution in [0, 0.1) is 0 Å². The maximum absolute atomic E-state index is 12.0. The summed E-state index contributed by atoms with van der Waals surface area (Å²) in [6.07, 6.45) is -0.783. The summed E-state index contributed by atoms with van der Waals surface area (Å²) < 4.78 is 5.06. The number of ether oxygens (including phenoxy) is 1. The van der Waals surface area contributed by atoms with Gasteiger partial charge < -0.3 is 14.7 Å². The molecule has 7 nitrogen and oxygen atoms in total. The highest BCUT2D eigenvalue weighted by atomic mass is 16.6. The molecular formula is C16H28N4O3. The molecule has 1 aromatic rings. The molecule has 0 spiro atoms. The third kappa shape index (κ3) is 6.02. The zero-order valence-corrected chi connectivity index (χ0v) is 14.7. The summed E-state index contributed by atoms with van der Waals surface area (Å²) in [5, 5.41) is 17.9. The fraction of sp³-hybridized carbons (Fsp3) is 0.688. The van der Waals surface area contributed by atoms with Gasteiger partial charge in [-0.3, -0.25) is 4.90 Å². The van der Waals surface area contributed by atoms with Gasteiger partial charge in [0.1, 0.15) is 0 Å². The Hall–Kier alpha value is -1.89. The van der Waals surface area contributed by atoms with Crippen LogP contribution in [0.2, 0.25) is 0 Å². The molecule has 1 aromatic heterocycles. The number of carbonyl (C=O) groups is 1. The lowest BCUT2D eigenvalue weighted by Gasteiger charge is -2.26. The summed E-state index contributed by atoms with van der Waals surface area (Å²) in [4.78, 5) is 15.5. The largest absolute Gasteiger partial charge is 0.450 e. The van der Waals surface area contributed by atoms with E-state index >= 15 is 0 Å². The van der Waals surface area contributed by atoms with Crippen molar-refractivity contribution in [3.63, 3.8) is 0 Å². The van der Waals surface area contributed by atoms with Crippen molar-refractivity contribution in [3.8, 4) is 0 Å². The van der Waals surface area contributed by atoms with Gasteiger partial charge >= 0.3 is 6.09 Å². The Morgan fingerprint density at radius 2 is 1.96 bits per heavy atom. The highest BCUT2D eigenvalue weighted by Gasteiger charge is 2.19. The molecule has 0 radical (unpaired) electrons. The van der Waals surface area contributed by atoms with Crippen molar-refractivity contribution in [2.75, 3.05) is 24.6 Å². The highest BCUT2D eigenvalue weighted by molar-refractivity contribution is 5.67. The molecule has 0 aliphatic rings. The summed E-state index contributed by atoms with van der Waals surface area (Å²) in [6.45, 7) is 11.3. The number of carbonyl (C=O) groups excluding carboxylic acids is 1. The molecule has 1 rings (SSSR count). The van der Waals surface area contributed by atoms with E-state index in [0.29, 0.717) is 31.2 Å². The maximum atomic E-state index is 12.0. The molecule has 0 saturated carbocycles. The minimum absolute atomic E-state index is 0.0119. The molecule has 0 aliphatic heterocycles. The molecule has 0 bridgehead atoms. The number of nitrogens with zero attached hydrogens (tertiary/aromatic N) is 4. The summed E-state index contributed by atoms with van der Waals surface area (Å²) in [5.41, 5.74) is 0.698. The van der Waals surface area contributed by atoms with Crippen molar-refractivity contribution in [3.05, 3.63) is 17.8 Å². The standard InChI is InChI=1S/C16H28N4O3/c1-6-19(10-13(5)21)15-9-8-14(17-18-15)11-20(12(3)4)16(22)23-7-2/h8-9,12-13,21H,6-7,10-11H2,1-5H3. The first kappa shape index (κ1) is 19.2. The number of aliphatic hydroxyl groups is 1. The average Bonchev–Trinajstić information content (AvgIpc) is 2.50. The van der Waals surface area contributed by atoms with E-state index in [-0.39, 0.29) is 12.1 Å². The van der Waals surface area contributed by atoms with E-state index < -0.39 is 6.10 Å². The summed E-state index contributed by atoms with van der Waals surface area (Å²) in [7, 11) is 0. The first-order valence-electron chi connectivity index (χ1n) is 8.08. The molecule has 23 heavy (non-hydrogen) atoms. The molecule has 0 fully saturated rings. The van der Waals surface area contributed by atoms with E-state index in [2.05, 4.69) is 10.2 Å². The zero-order chi connectivity index (χ0) is 17.4. The van der Waals surface area contributed by atoms with E-state index in [0.717, 1.165) is 6.54 Å². The number of likely N-dealkylation sites (N-methyl/N-ethyl adjacent to an activating group) is 1. The van der Waals surface area contributed by atoms with Crippen molar-refractivity contribution in [1.29, 1.82) is 0 Å². The number of hydrogen-bond donors (Lipinski definition) is 1. The van der Waals surface area contributed by atoms with Crippen LogP contribution in [0.5, 0.6) is 0 Å². The van der Waals surface area contributed by atoms with E-state index in [9.17, 15) is 9.90 Å². The Balaban J connectivity index is 2.80. The maximum Gasteiger partial charge on any atom is 0.410 e. The van der Waals surface area contributed by atoms with Crippen LogP contribution in [0.3, 0.4) is 0 Å². The molecule has 0 aromatic carbocycles. The minimum atomic E-state index is -0.434. The van der Waals surface area contributed by atoms with Crippen molar-refractivity contribution in [2.24, 2.45) is 0 Å². The molecule has 0 saturated heterocycles. The fourth-order valence-electron chi connectivity index (χ4n) is 2.15. The van der Waals surface area contributed by atoms with Crippen LogP contribution < -0.4 is 4.90 Å². The third-order valence-electron chi connectivity index (χ3n) is 3.35. The number of hydrogen-bond acceptors (Lipinski definition) is 6. The van der Waals surface area contributed by atoms with E-state index in [1.165, 1.54) is 0 Å². The number of amides is 1. The van der Waals surface area contributed by atoms with Gasteiger partial charge in [-0.2, -0.15) is 5.10 Å². The lowest BCUT2D eigenvalue weighted by atomic mass is 10.3. The number of anilines is 1. The van der Waals surface area contributed by atoms with E-state index in [1.54, 1.807) is 18.7 Å². The Labute approximate surface area is 138 Å². The van der Waals surface area contributed by atoms with Gasteiger partial charge in [0, 0.05) is 19.1 Å². The smallest absolute Gasteiger partial charge is 0.410 e. The molecule has 1 unspecified atom stereocenters. The van der Waals surface area contributed by atoms with Crippen LogP contribution in [-0.2, 0) is 11.3 Å². The van der Waals surface area contributed by atoms with Gasteiger partial charge in [-0.25, -0.2) is 4.79 Å². The second-order valence-electron chi connectivity index (χ2n) is 5.69. The molecule has 1 heterocycles. The van der Waals surface area contributed by atoms with E-state index in [4.69, 9.17) is 4.74 Å². The normalized spacial score (nSPS) is 12.1. The van der Waals surface area contributed by atoms with Crippen LogP contribution in [0.25, 0.3) is 0 Å². The summed E-state index contributed by atoms with van der Waals surface area (Å²) in [5.74, 6) is 0.712. The van der Waals surface area contributed by atoms with Gasteiger partial charge in [0.2, 0.25) is 0 Å². The molecule has 0 aliphatic carbocycles. The summed E-state index contributed by atoms with van der Waals surface area (Å²) in [6, 6.07) is 3.72. The second kappa shape index (κ2) is 9.29. The highest BCUT2D eigenvalue weighted by Crippen LogP contribution is 2.13. The van der Waals surface area contributed by atoms with Gasteiger partial charge in [0.25, 0.3) is 0 Å². The van der Waals surface area contributed by atoms with Crippen LogP contribution >= 0.6 is 0 Å². The number of rotatable bonds is 8. The zero-order valence-electron chi connectivity index (χ0n) is 14.7. The number of aromatic nitrogens is 2. The molecule has 1 amide bonds. The van der Waals surface area contributed by atoms with E-state index in [1.807, 2.05) is 37.8 Å². The van der Waals surface area contributed by atoms with Crippen LogP contribution in [-0.4, -0.2) is 58.1 Å². The van der Waals surface area contributed by atoms with Crippen molar-refractivity contribution in [1.82, 2.24) is 15.1 Å². The fourth-order valence-corrected chi connectivity index (χ4v) is 2.15. The van der Waals surface area contributed by atoms with Gasteiger partial charge in [-0.1, -0.05) is 0 Å². The Morgan fingerprint density at radius 1 is 1.26 bits per heavy atom. The Morgan fingerprint density at radius 3 is 2.39 bits per heavy atom. The Bertz CT molecular complexity index is 477. The molecular weight excluding hydrogens is 296 g/mol. The predicted molar refractivity (Wildman–Crippen MR) is 89.3 cm³/mol. The lowest BCUT2D eigenvalue weighted by molar-refractivity contribution is 0.0923. The average molecular weight is 324 g/mol. The Kier molecular flexibility index (Phi) is 7.74. The molecule has 1 N–H and O–H groups in total. The minimum Gasteiger partial charge on any atom is -0.450 e. The molecule has 1 atom stereocenters. The van der Waals surface area contributed by atoms with Crippen molar-refractivity contribution < 1.29 is 14.6 Å². The van der Waals surface area contributed by atoms with Gasteiger partial charge in [-0.05, 0) is 46.8 Å². The third-order valence-corrected chi connectivity index (χ3v) is 3.35. The monoisotopic (exact) mass is 324 g/mol. The van der Waals surface area contributed by atoms with Crippen molar-refractivity contribution in [2.45, 2.75) is 53.3 Å². The van der Waals surface area contributed by atoms with Gasteiger partial charge in [-0.15, -0.1) is 5.10 Å². The topological polar surface area (TPSA) is 78.8 Å². The first-order chi connectivity index (χ1) is 10.9. The second-order valence-corrected chi connectivity index (χ2v) is 5.69. The predicted octanol–water partition coefficient (Wildman–Crippen LogP) is 2.05.